The van der Waals surface area contributed by atoms with Gasteiger partial charge in [0.1, 0.15) is 23.0 Å². The van der Waals surface area contributed by atoms with Gasteiger partial charge in [-0.1, -0.05) is 36.4 Å². The van der Waals surface area contributed by atoms with E-state index in [-0.39, 0.29) is 0 Å². The van der Waals surface area contributed by atoms with Gasteiger partial charge >= 0.3 is 0 Å². The van der Waals surface area contributed by atoms with Gasteiger partial charge in [0.05, 0.1) is 14.2 Å². The summed E-state index contributed by atoms with van der Waals surface area (Å²) in [4.78, 5) is 4.41. The fourth-order valence-electron chi connectivity index (χ4n) is 4.97. The largest absolute Gasteiger partial charge is 0.497 e. The van der Waals surface area contributed by atoms with Gasteiger partial charge in [0, 0.05) is 34.1 Å². The second kappa shape index (κ2) is 12.9. The molecule has 0 spiro atoms. The van der Waals surface area contributed by atoms with Crippen molar-refractivity contribution in [2.45, 2.75) is 0 Å². The molecular weight excluding hydrogens is 532 g/mol. The monoisotopic (exact) mass is 564 g/mol. The van der Waals surface area contributed by atoms with Crippen molar-refractivity contribution in [3.63, 3.8) is 0 Å². The predicted molar refractivity (Wildman–Crippen MR) is 175 cm³/mol. The third-order valence-corrected chi connectivity index (χ3v) is 7.12. The number of methoxy groups -OCH3 is 2. The molecule has 0 radical (unpaired) electrons. The molecule has 0 aliphatic carbocycles. The molecule has 6 rings (SSSR count). The van der Waals surface area contributed by atoms with Gasteiger partial charge < -0.3 is 24.0 Å². The average molecular weight is 565 g/mol. The lowest BCUT2D eigenvalue weighted by molar-refractivity contribution is 0.414. The highest BCUT2D eigenvalue weighted by Crippen LogP contribution is 2.38. The van der Waals surface area contributed by atoms with Gasteiger partial charge in [0.25, 0.3) is 0 Å². The minimum absolute atomic E-state index is 0.759. The van der Waals surface area contributed by atoms with Crippen LogP contribution < -0.4 is 24.0 Å². The summed E-state index contributed by atoms with van der Waals surface area (Å²) in [6, 6.07) is 53.0. The van der Waals surface area contributed by atoms with E-state index in [2.05, 4.69) is 82.6 Å². The Kier molecular flexibility index (Phi) is 8.23. The fraction of sp³-hybridized carbons (Fsp3) is 0.0526. The number of rotatable bonds is 10. The van der Waals surface area contributed by atoms with Gasteiger partial charge in [-0.3, -0.25) is 0 Å². The Bertz CT molecular complexity index is 1590. The minimum Gasteiger partial charge on any atom is -0.497 e. The molecule has 5 nitrogen and oxygen atoms in total. The van der Waals surface area contributed by atoms with Gasteiger partial charge in [-0.2, -0.15) is 0 Å². The van der Waals surface area contributed by atoms with Crippen molar-refractivity contribution in [1.29, 1.82) is 0 Å². The van der Waals surface area contributed by atoms with Crippen molar-refractivity contribution < 1.29 is 14.2 Å². The Morgan fingerprint density at radius 3 is 0.837 bits per heavy atom. The molecule has 0 heterocycles. The zero-order valence-corrected chi connectivity index (χ0v) is 24.1. The van der Waals surface area contributed by atoms with Crippen LogP contribution in [0.15, 0.2) is 158 Å². The van der Waals surface area contributed by atoms with Crippen LogP contribution in [0.2, 0.25) is 0 Å². The van der Waals surface area contributed by atoms with Crippen molar-refractivity contribution in [3.05, 3.63) is 158 Å². The standard InChI is InChI=1S/C38H32N2O3/c1-41-35-21-13-31(14-22-35)39(29-9-5-3-6-10-29)33-17-25-37(26-18-33)43-38-27-19-34(20-28-38)40(30-11-7-4-8-12-30)32-15-23-36(42-2)24-16-32/h3-28H,1-2H3. The zero-order valence-electron chi connectivity index (χ0n) is 24.1. The highest BCUT2D eigenvalue weighted by Gasteiger charge is 2.14. The summed E-state index contributed by atoms with van der Waals surface area (Å²) in [6.45, 7) is 0. The smallest absolute Gasteiger partial charge is 0.127 e. The van der Waals surface area contributed by atoms with Crippen LogP contribution in [0.1, 0.15) is 0 Å². The second-order valence-corrected chi connectivity index (χ2v) is 9.83. The van der Waals surface area contributed by atoms with Crippen molar-refractivity contribution in [3.8, 4) is 23.0 Å². The van der Waals surface area contributed by atoms with E-state index in [0.29, 0.717) is 0 Å². The van der Waals surface area contributed by atoms with Gasteiger partial charge in [-0.05, 0) is 121 Å². The zero-order chi connectivity index (χ0) is 29.4. The van der Waals surface area contributed by atoms with Gasteiger partial charge in [0.15, 0.2) is 0 Å². The number of para-hydroxylation sites is 2. The molecule has 0 saturated heterocycles. The molecule has 0 aliphatic rings. The van der Waals surface area contributed by atoms with Crippen LogP contribution in [0.3, 0.4) is 0 Å². The molecule has 0 bridgehead atoms. The van der Waals surface area contributed by atoms with Gasteiger partial charge in [-0.25, -0.2) is 0 Å². The van der Waals surface area contributed by atoms with Crippen LogP contribution in [0.4, 0.5) is 34.1 Å². The van der Waals surface area contributed by atoms with E-state index in [0.717, 1.165) is 57.1 Å². The van der Waals surface area contributed by atoms with Gasteiger partial charge in [0.2, 0.25) is 0 Å². The maximum absolute atomic E-state index is 6.26. The molecule has 0 fully saturated rings. The number of ether oxygens (including phenoxy) is 3. The summed E-state index contributed by atoms with van der Waals surface area (Å²) >= 11 is 0. The van der Waals surface area contributed by atoms with Crippen LogP contribution in [-0.4, -0.2) is 14.2 Å². The summed E-state index contributed by atoms with van der Waals surface area (Å²) < 4.78 is 17.0. The highest BCUT2D eigenvalue weighted by molar-refractivity contribution is 5.78. The Labute approximate surface area is 252 Å². The summed E-state index contributed by atoms with van der Waals surface area (Å²) in [6.07, 6.45) is 0. The molecule has 5 heteroatoms. The number of hydrogen-bond acceptors (Lipinski definition) is 5. The van der Waals surface area contributed by atoms with Crippen LogP contribution in [0.5, 0.6) is 23.0 Å². The van der Waals surface area contributed by atoms with Crippen LogP contribution in [0, 0.1) is 0 Å². The molecule has 6 aromatic rings. The minimum atomic E-state index is 0.759. The molecule has 0 unspecified atom stereocenters. The first-order chi connectivity index (χ1) is 21.2. The van der Waals surface area contributed by atoms with Crippen LogP contribution in [-0.2, 0) is 0 Å². The van der Waals surface area contributed by atoms with E-state index >= 15 is 0 Å². The third-order valence-electron chi connectivity index (χ3n) is 7.12. The summed E-state index contributed by atoms with van der Waals surface area (Å²) in [5.74, 6) is 3.16. The maximum atomic E-state index is 6.26. The van der Waals surface area contributed by atoms with Crippen LogP contribution >= 0.6 is 0 Å². The topological polar surface area (TPSA) is 34.2 Å². The van der Waals surface area contributed by atoms with E-state index in [4.69, 9.17) is 14.2 Å². The Morgan fingerprint density at radius 1 is 0.302 bits per heavy atom. The van der Waals surface area contributed by atoms with Gasteiger partial charge in [-0.15, -0.1) is 0 Å². The van der Waals surface area contributed by atoms with Crippen molar-refractivity contribution in [2.75, 3.05) is 24.0 Å². The molecule has 212 valence electrons. The molecule has 0 amide bonds. The van der Waals surface area contributed by atoms with Crippen molar-refractivity contribution in [1.82, 2.24) is 0 Å². The van der Waals surface area contributed by atoms with E-state index in [1.165, 1.54) is 0 Å². The quantitative estimate of drug-likeness (QED) is 0.165. The molecule has 6 aromatic carbocycles. The third kappa shape index (κ3) is 6.31. The lowest BCUT2D eigenvalue weighted by Crippen LogP contribution is -2.09. The lowest BCUT2D eigenvalue weighted by Gasteiger charge is -2.26. The lowest BCUT2D eigenvalue weighted by atomic mass is 10.2. The first-order valence-electron chi connectivity index (χ1n) is 14.1. The maximum Gasteiger partial charge on any atom is 0.127 e. The van der Waals surface area contributed by atoms with E-state index in [1.807, 2.05) is 84.9 Å². The Balaban J connectivity index is 1.23. The molecule has 0 N–H and O–H groups in total. The first-order valence-corrected chi connectivity index (χ1v) is 14.1. The summed E-state index contributed by atoms with van der Waals surface area (Å²) in [5.41, 5.74) is 6.26. The molecular formula is C38H32N2O3. The molecule has 0 atom stereocenters. The van der Waals surface area contributed by atoms with Crippen molar-refractivity contribution in [2.24, 2.45) is 0 Å². The van der Waals surface area contributed by atoms with Crippen molar-refractivity contribution >= 4 is 34.1 Å². The fourth-order valence-corrected chi connectivity index (χ4v) is 4.97. The molecule has 43 heavy (non-hydrogen) atoms. The van der Waals surface area contributed by atoms with E-state index in [1.54, 1.807) is 14.2 Å². The molecule has 0 aliphatic heterocycles. The first kappa shape index (κ1) is 27.5. The number of anilines is 6. The van der Waals surface area contributed by atoms with E-state index in [9.17, 15) is 0 Å². The highest BCUT2D eigenvalue weighted by atomic mass is 16.5. The summed E-state index contributed by atoms with van der Waals surface area (Å²) in [5, 5.41) is 0. The molecule has 0 saturated carbocycles. The predicted octanol–water partition coefficient (Wildman–Crippen LogP) is 10.4. The van der Waals surface area contributed by atoms with Crippen LogP contribution in [0.25, 0.3) is 0 Å². The number of benzene rings is 6. The normalized spacial score (nSPS) is 10.6. The molecule has 0 aromatic heterocycles. The van der Waals surface area contributed by atoms with E-state index < -0.39 is 0 Å². The Hall–Kier alpha value is -5.68. The summed E-state index contributed by atoms with van der Waals surface area (Å²) in [7, 11) is 3.35. The average Bonchev–Trinajstić information content (AvgIpc) is 3.08. The number of hydrogen-bond donors (Lipinski definition) is 0. The second-order valence-electron chi connectivity index (χ2n) is 9.83. The SMILES string of the molecule is COc1ccc(N(c2ccccc2)c2ccc(Oc3ccc(N(c4ccccc4)c4ccc(OC)cc4)cc3)cc2)cc1. The Morgan fingerprint density at radius 2 is 0.558 bits per heavy atom. The number of nitrogens with zero attached hydrogens (tertiary/aromatic N) is 2.